The van der Waals surface area contributed by atoms with Gasteiger partial charge in [0.2, 0.25) is 0 Å². The number of aromatic nitrogens is 1. The fraction of sp³-hybridized carbons (Fsp3) is 0.333. The number of nitrogens with zero attached hydrogens (tertiary/aromatic N) is 1. The zero-order valence-corrected chi connectivity index (χ0v) is 13.3. The highest BCUT2D eigenvalue weighted by Crippen LogP contribution is 2.21. The van der Waals surface area contributed by atoms with Gasteiger partial charge in [0.1, 0.15) is 5.82 Å². The fourth-order valence-corrected chi connectivity index (χ4v) is 1.97. The van der Waals surface area contributed by atoms with E-state index in [0.29, 0.717) is 18.8 Å². The molecule has 0 aliphatic heterocycles. The number of pyridine rings is 1. The predicted molar refractivity (Wildman–Crippen MR) is 88.1 cm³/mol. The van der Waals surface area contributed by atoms with Crippen LogP contribution in [-0.4, -0.2) is 17.7 Å². The average molecular weight is 298 g/mol. The molecular formula is C18H22N2O2. The van der Waals surface area contributed by atoms with Crippen molar-refractivity contribution in [3.8, 4) is 0 Å². The number of benzene rings is 1. The maximum atomic E-state index is 11.8. The lowest BCUT2D eigenvalue weighted by atomic mass is 9.92. The number of nitrogens with one attached hydrogen (secondary N) is 1. The minimum Gasteiger partial charge on any atom is -0.449 e. The molecule has 0 bridgehead atoms. The molecule has 0 saturated carbocycles. The number of ether oxygens (including phenoxy) is 1. The van der Waals surface area contributed by atoms with Gasteiger partial charge < -0.3 is 4.74 Å². The number of carbonyl (C=O) groups is 1. The quantitative estimate of drug-likeness (QED) is 0.921. The van der Waals surface area contributed by atoms with Crippen LogP contribution in [0, 0.1) is 0 Å². The standard InChI is InChI=1S/C18H22N2O2/c1-18(2,3)15-10-7-11-16(19-15)20-17(21)22-13-12-14-8-5-4-6-9-14/h4-11H,12-13H2,1-3H3,(H,19,20,21). The molecule has 4 nitrogen and oxygen atoms in total. The van der Waals surface area contributed by atoms with Crippen molar-refractivity contribution in [2.75, 3.05) is 11.9 Å². The van der Waals surface area contributed by atoms with Crippen LogP contribution in [0.4, 0.5) is 10.6 Å². The summed E-state index contributed by atoms with van der Waals surface area (Å²) in [6.45, 7) is 6.58. The van der Waals surface area contributed by atoms with Gasteiger partial charge in [0.15, 0.2) is 0 Å². The van der Waals surface area contributed by atoms with Crippen LogP contribution in [0.15, 0.2) is 48.5 Å². The van der Waals surface area contributed by atoms with Gasteiger partial charge in [-0.15, -0.1) is 0 Å². The molecule has 0 spiro atoms. The average Bonchev–Trinajstić information content (AvgIpc) is 2.48. The van der Waals surface area contributed by atoms with Crippen LogP contribution in [0.5, 0.6) is 0 Å². The molecule has 2 aromatic rings. The molecule has 2 rings (SSSR count). The minimum atomic E-state index is -0.477. The van der Waals surface area contributed by atoms with Crippen LogP contribution < -0.4 is 5.32 Å². The van der Waals surface area contributed by atoms with Gasteiger partial charge in [-0.2, -0.15) is 0 Å². The first kappa shape index (κ1) is 16.0. The molecule has 1 aromatic carbocycles. The van der Waals surface area contributed by atoms with Gasteiger partial charge >= 0.3 is 6.09 Å². The SMILES string of the molecule is CC(C)(C)c1cccc(NC(=O)OCCc2ccccc2)n1. The van der Waals surface area contributed by atoms with Gasteiger partial charge in [-0.05, 0) is 17.7 Å². The number of amides is 1. The van der Waals surface area contributed by atoms with Crippen molar-refractivity contribution in [3.63, 3.8) is 0 Å². The van der Waals surface area contributed by atoms with Gasteiger partial charge in [-0.3, -0.25) is 5.32 Å². The summed E-state index contributed by atoms with van der Waals surface area (Å²) < 4.78 is 5.19. The zero-order valence-electron chi connectivity index (χ0n) is 13.3. The van der Waals surface area contributed by atoms with Crippen molar-refractivity contribution < 1.29 is 9.53 Å². The molecule has 22 heavy (non-hydrogen) atoms. The van der Waals surface area contributed by atoms with E-state index in [4.69, 9.17) is 4.74 Å². The Bertz CT molecular complexity index is 618. The number of hydrogen-bond acceptors (Lipinski definition) is 3. The fourth-order valence-electron chi connectivity index (χ4n) is 1.97. The molecule has 1 heterocycles. The molecule has 0 radical (unpaired) electrons. The van der Waals surface area contributed by atoms with E-state index in [1.54, 1.807) is 6.07 Å². The third kappa shape index (κ3) is 4.88. The summed E-state index contributed by atoms with van der Waals surface area (Å²) in [6.07, 6.45) is 0.221. The van der Waals surface area contributed by atoms with Crippen LogP contribution in [-0.2, 0) is 16.6 Å². The summed E-state index contributed by atoms with van der Waals surface area (Å²) in [5, 5.41) is 2.67. The molecule has 116 valence electrons. The van der Waals surface area contributed by atoms with E-state index in [1.807, 2.05) is 42.5 Å². The molecule has 0 saturated heterocycles. The Morgan fingerprint density at radius 2 is 1.82 bits per heavy atom. The lowest BCUT2D eigenvalue weighted by molar-refractivity contribution is 0.163. The zero-order chi connectivity index (χ0) is 16.0. The lowest BCUT2D eigenvalue weighted by Gasteiger charge is -2.18. The van der Waals surface area contributed by atoms with Crippen molar-refractivity contribution in [1.29, 1.82) is 0 Å². The van der Waals surface area contributed by atoms with Crippen molar-refractivity contribution >= 4 is 11.9 Å². The first-order chi connectivity index (χ1) is 10.4. The van der Waals surface area contributed by atoms with Gasteiger partial charge in [-0.1, -0.05) is 57.2 Å². The number of anilines is 1. The third-order valence-corrected chi connectivity index (χ3v) is 3.21. The first-order valence-electron chi connectivity index (χ1n) is 7.40. The molecule has 0 fully saturated rings. The van der Waals surface area contributed by atoms with Gasteiger partial charge in [0, 0.05) is 17.5 Å². The Morgan fingerprint density at radius 1 is 1.09 bits per heavy atom. The Balaban J connectivity index is 1.84. The molecule has 0 aliphatic rings. The summed E-state index contributed by atoms with van der Waals surface area (Å²) in [5.74, 6) is 0.511. The summed E-state index contributed by atoms with van der Waals surface area (Å²) in [5.41, 5.74) is 2.01. The Hall–Kier alpha value is -2.36. The molecule has 0 atom stereocenters. The van der Waals surface area contributed by atoms with E-state index in [1.165, 1.54) is 0 Å². The van der Waals surface area contributed by atoms with E-state index >= 15 is 0 Å². The Labute approximate surface area is 131 Å². The molecule has 1 N–H and O–H groups in total. The van der Waals surface area contributed by atoms with Crippen molar-refractivity contribution in [1.82, 2.24) is 4.98 Å². The molecule has 0 unspecified atom stereocenters. The second kappa shape index (κ2) is 7.07. The number of carbonyl (C=O) groups excluding carboxylic acids is 1. The molecule has 1 aromatic heterocycles. The van der Waals surface area contributed by atoms with Crippen LogP contribution in [0.2, 0.25) is 0 Å². The Morgan fingerprint density at radius 3 is 2.50 bits per heavy atom. The van der Waals surface area contributed by atoms with E-state index in [0.717, 1.165) is 11.3 Å². The highest BCUT2D eigenvalue weighted by Gasteiger charge is 2.16. The van der Waals surface area contributed by atoms with Gasteiger partial charge in [-0.25, -0.2) is 9.78 Å². The van der Waals surface area contributed by atoms with E-state index in [9.17, 15) is 4.79 Å². The van der Waals surface area contributed by atoms with E-state index in [2.05, 4.69) is 31.1 Å². The van der Waals surface area contributed by atoms with Crippen LogP contribution in [0.3, 0.4) is 0 Å². The summed E-state index contributed by atoms with van der Waals surface area (Å²) in [6, 6.07) is 15.5. The van der Waals surface area contributed by atoms with Crippen LogP contribution in [0.25, 0.3) is 0 Å². The van der Waals surface area contributed by atoms with Gasteiger partial charge in [0.05, 0.1) is 6.61 Å². The molecule has 4 heteroatoms. The van der Waals surface area contributed by atoms with Crippen LogP contribution >= 0.6 is 0 Å². The first-order valence-corrected chi connectivity index (χ1v) is 7.40. The number of hydrogen-bond donors (Lipinski definition) is 1. The largest absolute Gasteiger partial charge is 0.449 e. The van der Waals surface area contributed by atoms with Crippen LogP contribution in [0.1, 0.15) is 32.0 Å². The van der Waals surface area contributed by atoms with Crippen molar-refractivity contribution in [2.24, 2.45) is 0 Å². The monoisotopic (exact) mass is 298 g/mol. The number of rotatable bonds is 4. The maximum absolute atomic E-state index is 11.8. The predicted octanol–water partition coefficient (Wildman–Crippen LogP) is 4.17. The highest BCUT2D eigenvalue weighted by atomic mass is 16.5. The smallest absolute Gasteiger partial charge is 0.412 e. The topological polar surface area (TPSA) is 51.2 Å². The molecule has 1 amide bonds. The lowest BCUT2D eigenvalue weighted by Crippen LogP contribution is -2.18. The molecular weight excluding hydrogens is 276 g/mol. The summed E-state index contributed by atoms with van der Waals surface area (Å²) >= 11 is 0. The van der Waals surface area contributed by atoms with Crippen molar-refractivity contribution in [2.45, 2.75) is 32.6 Å². The normalized spacial score (nSPS) is 11.0. The second-order valence-electron chi connectivity index (χ2n) is 6.15. The maximum Gasteiger partial charge on any atom is 0.412 e. The Kier molecular flexibility index (Phi) is 5.15. The molecule has 0 aliphatic carbocycles. The van der Waals surface area contributed by atoms with Crippen molar-refractivity contribution in [3.05, 3.63) is 59.8 Å². The summed E-state index contributed by atoms with van der Waals surface area (Å²) in [7, 11) is 0. The van der Waals surface area contributed by atoms with E-state index in [-0.39, 0.29) is 5.41 Å². The summed E-state index contributed by atoms with van der Waals surface area (Å²) in [4.78, 5) is 16.2. The third-order valence-electron chi connectivity index (χ3n) is 3.21. The van der Waals surface area contributed by atoms with Gasteiger partial charge in [0.25, 0.3) is 0 Å². The highest BCUT2D eigenvalue weighted by molar-refractivity contribution is 5.83. The van der Waals surface area contributed by atoms with E-state index < -0.39 is 6.09 Å². The second-order valence-corrected chi connectivity index (χ2v) is 6.15. The minimum absolute atomic E-state index is 0.0606.